The summed E-state index contributed by atoms with van der Waals surface area (Å²) in [7, 11) is 0. The summed E-state index contributed by atoms with van der Waals surface area (Å²) in [4.78, 5) is 41.7. The first-order valence-electron chi connectivity index (χ1n) is 7.69. The van der Waals surface area contributed by atoms with Gasteiger partial charge in [-0.2, -0.15) is 0 Å². The number of hydrogen-bond acceptors (Lipinski definition) is 5. The third kappa shape index (κ3) is 3.35. The van der Waals surface area contributed by atoms with Crippen molar-refractivity contribution >= 4 is 29.1 Å². The van der Waals surface area contributed by atoms with E-state index >= 15 is 0 Å². The summed E-state index contributed by atoms with van der Waals surface area (Å²) < 4.78 is 0. The maximum absolute atomic E-state index is 12.2. The number of rotatable bonds is 6. The molecule has 0 bridgehead atoms. The lowest BCUT2D eigenvalue weighted by molar-refractivity contribution is -0.121. The summed E-state index contributed by atoms with van der Waals surface area (Å²) in [5.74, 6) is -0.844. The van der Waals surface area contributed by atoms with Crippen LogP contribution in [0.4, 0.5) is 0 Å². The van der Waals surface area contributed by atoms with Crippen LogP contribution in [0.1, 0.15) is 37.8 Å². The largest absolute Gasteiger partial charge is 0.356 e. The van der Waals surface area contributed by atoms with Gasteiger partial charge in [0.1, 0.15) is 0 Å². The maximum Gasteiger partial charge on any atom is 0.261 e. The molecule has 3 amide bonds. The van der Waals surface area contributed by atoms with Crippen LogP contribution in [0, 0.1) is 6.92 Å². The average Bonchev–Trinajstić information content (AvgIpc) is 3.09. The predicted molar refractivity (Wildman–Crippen MR) is 90.0 cm³/mol. The molecule has 1 aliphatic rings. The van der Waals surface area contributed by atoms with E-state index in [1.165, 1.54) is 0 Å². The Bertz CT molecular complexity index is 765. The number of aromatic nitrogens is 1. The van der Waals surface area contributed by atoms with Gasteiger partial charge in [0.25, 0.3) is 11.8 Å². The molecule has 0 saturated carbocycles. The van der Waals surface area contributed by atoms with E-state index in [9.17, 15) is 14.4 Å². The Morgan fingerprint density at radius 1 is 1.21 bits per heavy atom. The zero-order valence-corrected chi connectivity index (χ0v) is 14.1. The Labute approximate surface area is 143 Å². The minimum atomic E-state index is -0.332. The average molecular weight is 343 g/mol. The van der Waals surface area contributed by atoms with Gasteiger partial charge in [-0.1, -0.05) is 12.1 Å². The zero-order chi connectivity index (χ0) is 17.1. The highest BCUT2D eigenvalue weighted by Crippen LogP contribution is 2.22. The number of nitrogens with one attached hydrogen (secondary N) is 1. The fourth-order valence-corrected chi connectivity index (χ4v) is 3.35. The molecule has 1 aromatic carbocycles. The summed E-state index contributed by atoms with van der Waals surface area (Å²) in [5.41, 5.74) is 1.79. The standard InChI is InChI=1S/C17H17N3O3S/c1-11-10-24-15(19-11)6-8-18-14(21)7-9-20-16(22)12-4-2-3-5-13(12)17(20)23/h2-5,10H,6-9H2,1H3,(H,18,21). The summed E-state index contributed by atoms with van der Waals surface area (Å²) >= 11 is 1.57. The van der Waals surface area contributed by atoms with Crippen LogP contribution in [-0.2, 0) is 11.2 Å². The van der Waals surface area contributed by atoms with E-state index < -0.39 is 0 Å². The second kappa shape index (κ2) is 6.92. The minimum Gasteiger partial charge on any atom is -0.356 e. The highest BCUT2D eigenvalue weighted by molar-refractivity contribution is 7.09. The lowest BCUT2D eigenvalue weighted by Gasteiger charge is -2.13. The van der Waals surface area contributed by atoms with Crippen molar-refractivity contribution in [2.45, 2.75) is 19.8 Å². The number of carbonyl (C=O) groups is 3. The van der Waals surface area contributed by atoms with Crippen molar-refractivity contribution in [1.29, 1.82) is 0 Å². The summed E-state index contributed by atoms with van der Waals surface area (Å²) in [6, 6.07) is 6.71. The zero-order valence-electron chi connectivity index (χ0n) is 13.2. The van der Waals surface area contributed by atoms with Crippen molar-refractivity contribution in [2.24, 2.45) is 0 Å². The Morgan fingerprint density at radius 2 is 1.88 bits per heavy atom. The maximum atomic E-state index is 12.2. The first-order chi connectivity index (χ1) is 11.6. The van der Waals surface area contributed by atoms with Crippen molar-refractivity contribution in [3.05, 3.63) is 51.5 Å². The fourth-order valence-electron chi connectivity index (χ4n) is 2.57. The first kappa shape index (κ1) is 16.3. The van der Waals surface area contributed by atoms with E-state index in [1.54, 1.807) is 35.6 Å². The molecule has 2 aromatic rings. The quantitative estimate of drug-likeness (QED) is 0.811. The molecular weight excluding hydrogens is 326 g/mol. The topological polar surface area (TPSA) is 79.4 Å². The van der Waals surface area contributed by atoms with Crippen LogP contribution >= 0.6 is 11.3 Å². The van der Waals surface area contributed by atoms with Crippen LogP contribution in [0.2, 0.25) is 0 Å². The van der Waals surface area contributed by atoms with Gasteiger partial charge in [-0.3, -0.25) is 19.3 Å². The molecule has 2 heterocycles. The van der Waals surface area contributed by atoms with E-state index in [1.807, 2.05) is 12.3 Å². The SMILES string of the molecule is Cc1csc(CCNC(=O)CCN2C(=O)c3ccccc3C2=O)n1. The molecule has 24 heavy (non-hydrogen) atoms. The molecule has 0 unspecified atom stereocenters. The number of benzene rings is 1. The Morgan fingerprint density at radius 3 is 2.46 bits per heavy atom. The highest BCUT2D eigenvalue weighted by atomic mass is 32.1. The van der Waals surface area contributed by atoms with Gasteiger partial charge in [-0.05, 0) is 19.1 Å². The molecule has 7 heteroatoms. The lowest BCUT2D eigenvalue weighted by atomic mass is 10.1. The number of aryl methyl sites for hydroxylation is 1. The smallest absolute Gasteiger partial charge is 0.261 e. The summed E-state index contributed by atoms with van der Waals surface area (Å²) in [6.07, 6.45) is 0.777. The Kier molecular flexibility index (Phi) is 4.71. The van der Waals surface area contributed by atoms with E-state index in [0.29, 0.717) is 24.1 Å². The Balaban J connectivity index is 1.47. The summed E-state index contributed by atoms with van der Waals surface area (Å²) in [6.45, 7) is 2.52. The molecule has 0 atom stereocenters. The van der Waals surface area contributed by atoms with E-state index in [2.05, 4.69) is 10.3 Å². The van der Waals surface area contributed by atoms with E-state index in [4.69, 9.17) is 0 Å². The van der Waals surface area contributed by atoms with Crippen LogP contribution < -0.4 is 5.32 Å². The van der Waals surface area contributed by atoms with Crippen LogP contribution in [0.3, 0.4) is 0 Å². The van der Waals surface area contributed by atoms with Crippen molar-refractivity contribution in [1.82, 2.24) is 15.2 Å². The normalized spacial score (nSPS) is 13.3. The third-order valence-corrected chi connectivity index (χ3v) is 4.79. The lowest BCUT2D eigenvalue weighted by Crippen LogP contribution is -2.35. The van der Waals surface area contributed by atoms with Gasteiger partial charge in [0.2, 0.25) is 5.91 Å². The Hall–Kier alpha value is -2.54. The van der Waals surface area contributed by atoms with Crippen molar-refractivity contribution < 1.29 is 14.4 Å². The fraction of sp³-hybridized carbons (Fsp3) is 0.294. The van der Waals surface area contributed by atoms with Gasteiger partial charge in [0.05, 0.1) is 16.1 Å². The predicted octanol–water partition coefficient (Wildman–Crippen LogP) is 1.80. The van der Waals surface area contributed by atoms with Crippen molar-refractivity contribution in [3.63, 3.8) is 0 Å². The molecule has 1 aliphatic heterocycles. The van der Waals surface area contributed by atoms with Crippen molar-refractivity contribution in [3.8, 4) is 0 Å². The van der Waals surface area contributed by atoms with Crippen LogP contribution in [0.5, 0.6) is 0 Å². The van der Waals surface area contributed by atoms with Gasteiger partial charge in [0.15, 0.2) is 0 Å². The molecule has 0 spiro atoms. The van der Waals surface area contributed by atoms with E-state index in [-0.39, 0.29) is 30.7 Å². The number of carbonyl (C=O) groups excluding carboxylic acids is 3. The number of amides is 3. The number of nitrogens with zero attached hydrogens (tertiary/aromatic N) is 2. The molecule has 1 N–H and O–H groups in total. The van der Waals surface area contributed by atoms with Gasteiger partial charge in [-0.25, -0.2) is 4.98 Å². The molecule has 1 aromatic heterocycles. The molecule has 3 rings (SSSR count). The van der Waals surface area contributed by atoms with Crippen LogP contribution in [0.25, 0.3) is 0 Å². The summed E-state index contributed by atoms with van der Waals surface area (Å²) in [5, 5.41) is 5.75. The first-order valence-corrected chi connectivity index (χ1v) is 8.57. The highest BCUT2D eigenvalue weighted by Gasteiger charge is 2.34. The second-order valence-electron chi connectivity index (χ2n) is 5.54. The van der Waals surface area contributed by atoms with Gasteiger partial charge in [0, 0.05) is 37.0 Å². The molecule has 0 fully saturated rings. The number of thiazole rings is 1. The van der Waals surface area contributed by atoms with Gasteiger partial charge in [-0.15, -0.1) is 11.3 Å². The minimum absolute atomic E-state index is 0.0918. The van der Waals surface area contributed by atoms with Gasteiger partial charge < -0.3 is 5.32 Å². The monoisotopic (exact) mass is 343 g/mol. The molecule has 0 radical (unpaired) electrons. The molecule has 124 valence electrons. The molecule has 0 saturated heterocycles. The number of fused-ring (bicyclic) bond motifs is 1. The molecule has 0 aliphatic carbocycles. The molecular formula is C17H17N3O3S. The second-order valence-corrected chi connectivity index (χ2v) is 6.48. The number of imide groups is 1. The third-order valence-electron chi connectivity index (χ3n) is 3.77. The van der Waals surface area contributed by atoms with Crippen LogP contribution in [0.15, 0.2) is 29.6 Å². The van der Waals surface area contributed by atoms with E-state index in [0.717, 1.165) is 15.6 Å². The molecule has 6 nitrogen and oxygen atoms in total. The van der Waals surface area contributed by atoms with Crippen LogP contribution in [-0.4, -0.2) is 40.7 Å². The van der Waals surface area contributed by atoms with Crippen molar-refractivity contribution in [2.75, 3.05) is 13.1 Å². The van der Waals surface area contributed by atoms with Gasteiger partial charge >= 0.3 is 0 Å². The number of hydrogen-bond donors (Lipinski definition) is 1.